The van der Waals surface area contributed by atoms with Crippen LogP contribution in [0.1, 0.15) is 27.9 Å². The number of primary amides is 1. The van der Waals surface area contributed by atoms with Gasteiger partial charge in [0.1, 0.15) is 11.7 Å². The van der Waals surface area contributed by atoms with Crippen molar-refractivity contribution < 1.29 is 38.6 Å². The van der Waals surface area contributed by atoms with Gasteiger partial charge in [-0.1, -0.05) is 0 Å². The van der Waals surface area contributed by atoms with E-state index in [1.165, 1.54) is 19.0 Å². The van der Waals surface area contributed by atoms with Crippen LogP contribution in [0, 0.1) is 34.9 Å². The molecule has 0 aromatic heterocycles. The average molecular weight is 515 g/mol. The van der Waals surface area contributed by atoms with Gasteiger partial charge in [0, 0.05) is 23.6 Å². The van der Waals surface area contributed by atoms with E-state index in [-0.39, 0.29) is 42.7 Å². The van der Waals surface area contributed by atoms with Crippen LogP contribution >= 0.6 is 0 Å². The van der Waals surface area contributed by atoms with Gasteiger partial charge in [0.25, 0.3) is 0 Å². The maximum absolute atomic E-state index is 15.7. The van der Waals surface area contributed by atoms with E-state index in [0.717, 1.165) is 0 Å². The molecule has 0 saturated heterocycles. The number of nitrogens with zero attached hydrogens (tertiary/aromatic N) is 1. The number of nitrogens with two attached hydrogens (primary N) is 1. The van der Waals surface area contributed by atoms with Gasteiger partial charge in [0.2, 0.25) is 11.8 Å². The van der Waals surface area contributed by atoms with Gasteiger partial charge in [-0.2, -0.15) is 0 Å². The van der Waals surface area contributed by atoms with Crippen LogP contribution in [0.25, 0.3) is 0 Å². The number of fused-ring (bicyclic) bond motifs is 4. The number of phenolic OH excluding ortho intramolecular Hbond substituents is 1. The van der Waals surface area contributed by atoms with Gasteiger partial charge < -0.3 is 32.0 Å². The summed E-state index contributed by atoms with van der Waals surface area (Å²) in [5.41, 5.74) is 0.949. The van der Waals surface area contributed by atoms with Crippen LogP contribution < -0.4 is 16.4 Å². The summed E-state index contributed by atoms with van der Waals surface area (Å²) in [6.07, 6.45) is -0.265. The van der Waals surface area contributed by atoms with Crippen molar-refractivity contribution in [1.29, 1.82) is 5.41 Å². The van der Waals surface area contributed by atoms with Gasteiger partial charge in [0.05, 0.1) is 35.5 Å². The predicted molar refractivity (Wildman–Crippen MR) is 124 cm³/mol. The molecule has 0 spiro atoms. The number of aliphatic hydroxyl groups is 1. The number of Topliss-reactive ketones (excluding diaryl/α,β-unsaturated/α-hetero) is 3. The van der Waals surface area contributed by atoms with Crippen molar-refractivity contribution in [3.05, 3.63) is 22.5 Å². The molecular weight excluding hydrogens is 489 g/mol. The van der Waals surface area contributed by atoms with Crippen LogP contribution in [0.2, 0.25) is 0 Å². The Labute approximate surface area is 209 Å². The summed E-state index contributed by atoms with van der Waals surface area (Å²) in [7, 11) is 3.03. The molecule has 1 heterocycles. The van der Waals surface area contributed by atoms with Crippen molar-refractivity contribution in [2.45, 2.75) is 31.0 Å². The first-order valence-corrected chi connectivity index (χ1v) is 11.8. The number of hydrogen-bond acceptors (Lipinski definition) is 10. The van der Waals surface area contributed by atoms with Crippen molar-refractivity contribution >= 4 is 40.6 Å². The Morgan fingerprint density at radius 3 is 2.49 bits per heavy atom. The van der Waals surface area contributed by atoms with Crippen LogP contribution in [0.5, 0.6) is 5.75 Å². The van der Waals surface area contributed by atoms with Crippen molar-refractivity contribution in [3.63, 3.8) is 0 Å². The van der Waals surface area contributed by atoms with E-state index in [9.17, 15) is 34.2 Å². The van der Waals surface area contributed by atoms with E-state index in [2.05, 4.69) is 10.6 Å². The molecule has 5 rings (SSSR count). The summed E-state index contributed by atoms with van der Waals surface area (Å²) in [6, 6.07) is -1.16. The zero-order chi connectivity index (χ0) is 27.1. The summed E-state index contributed by atoms with van der Waals surface area (Å²) in [6.45, 7) is -0.235. The number of anilines is 1. The van der Waals surface area contributed by atoms with Gasteiger partial charge in [-0.15, -0.1) is 0 Å². The third-order valence-electron chi connectivity index (χ3n) is 8.17. The summed E-state index contributed by atoms with van der Waals surface area (Å²) in [5.74, 6) is -11.5. The smallest absolute Gasteiger partial charge is 0.238 e. The van der Waals surface area contributed by atoms with Gasteiger partial charge >= 0.3 is 0 Å². The summed E-state index contributed by atoms with van der Waals surface area (Å²) < 4.78 is 15.7. The van der Waals surface area contributed by atoms with Crippen LogP contribution in [-0.4, -0.2) is 82.3 Å². The highest BCUT2D eigenvalue weighted by Gasteiger charge is 2.67. The average Bonchev–Trinajstić information content (AvgIpc) is 3.01. The molecule has 3 aliphatic carbocycles. The van der Waals surface area contributed by atoms with Crippen LogP contribution in [0.3, 0.4) is 0 Å². The van der Waals surface area contributed by atoms with Gasteiger partial charge in [-0.3, -0.25) is 28.9 Å². The molecule has 1 aromatic rings. The SMILES string of the molecule is CN(C)C1C(=O)C(C(N)=O)C(=N)C2(O)C(=O)C3C(=O)c4c(O)c5c(c(F)c4CC3CC12)CNCC(=O)N5. The standard InChI is InChI=1S/C24H26FN5O7/c1-30(2)17-10-4-7-3-8-13(19(33)16-9(15(8)25)5-28-6-11(31)29-16)18(32)12(7)22(35)24(10,37)21(26)14(20(17)34)23(27)36/h7,10,12,14,17,26,28,33,37H,3-6H2,1-2H3,(H2,27,36)(H,29,31). The quantitative estimate of drug-likeness (QED) is 0.200. The molecule has 4 aliphatic rings. The second-order valence-electron chi connectivity index (χ2n) is 10.4. The molecule has 0 radical (unpaired) electrons. The number of amides is 2. The minimum absolute atomic E-state index is 0.0305. The highest BCUT2D eigenvalue weighted by molar-refractivity contribution is 6.33. The molecule has 2 fully saturated rings. The highest BCUT2D eigenvalue weighted by Crippen LogP contribution is 2.52. The van der Waals surface area contributed by atoms with E-state index in [4.69, 9.17) is 11.1 Å². The van der Waals surface area contributed by atoms with Crippen molar-refractivity contribution in [3.8, 4) is 5.75 Å². The van der Waals surface area contributed by atoms with E-state index >= 15 is 4.39 Å². The van der Waals surface area contributed by atoms with E-state index in [0.29, 0.717) is 0 Å². The first-order chi connectivity index (χ1) is 17.3. The highest BCUT2D eigenvalue weighted by atomic mass is 19.1. The Balaban J connectivity index is 1.67. The second kappa shape index (κ2) is 8.23. The second-order valence-corrected chi connectivity index (χ2v) is 10.4. The van der Waals surface area contributed by atoms with Crippen molar-refractivity contribution in [1.82, 2.24) is 10.2 Å². The fourth-order valence-corrected chi connectivity index (χ4v) is 6.59. The summed E-state index contributed by atoms with van der Waals surface area (Å²) >= 11 is 0. The lowest BCUT2D eigenvalue weighted by Crippen LogP contribution is -2.73. The fraction of sp³-hybridized carbons (Fsp3) is 0.500. The van der Waals surface area contributed by atoms with E-state index in [1.807, 2.05) is 0 Å². The minimum Gasteiger partial charge on any atom is -0.505 e. The Morgan fingerprint density at radius 2 is 1.86 bits per heavy atom. The number of ketones is 3. The van der Waals surface area contributed by atoms with Crippen molar-refractivity contribution in [2.24, 2.45) is 29.4 Å². The molecule has 37 heavy (non-hydrogen) atoms. The molecule has 1 aromatic carbocycles. The molecule has 1 aliphatic heterocycles. The number of carbonyl (C=O) groups excluding carboxylic acids is 5. The summed E-state index contributed by atoms with van der Waals surface area (Å²) in [4.78, 5) is 66.2. The van der Waals surface area contributed by atoms with Gasteiger partial charge in [0.15, 0.2) is 28.7 Å². The lowest BCUT2D eigenvalue weighted by atomic mass is 9.52. The molecule has 6 atom stereocenters. The number of benzene rings is 1. The minimum atomic E-state index is -2.64. The van der Waals surface area contributed by atoms with Crippen LogP contribution in [0.4, 0.5) is 10.1 Å². The number of halogens is 1. The van der Waals surface area contributed by atoms with E-state index < -0.39 is 87.3 Å². The lowest BCUT2D eigenvalue weighted by Gasteiger charge is -2.53. The van der Waals surface area contributed by atoms with Crippen LogP contribution in [-0.2, 0) is 32.1 Å². The molecule has 2 saturated carbocycles. The number of rotatable bonds is 2. The Bertz CT molecular complexity index is 1330. The van der Waals surface area contributed by atoms with Gasteiger partial charge in [-0.05, 0) is 32.9 Å². The Hall–Kier alpha value is -3.55. The molecule has 12 nitrogen and oxygen atoms in total. The van der Waals surface area contributed by atoms with E-state index in [1.54, 1.807) is 0 Å². The number of likely N-dealkylation sites (N-methyl/N-ethyl adjacent to an activating group) is 1. The maximum Gasteiger partial charge on any atom is 0.238 e. The number of aromatic hydroxyl groups is 1. The fourth-order valence-electron chi connectivity index (χ4n) is 6.59. The number of carbonyl (C=O) groups is 5. The molecule has 6 unspecified atom stereocenters. The monoisotopic (exact) mass is 515 g/mol. The molecule has 196 valence electrons. The third kappa shape index (κ3) is 3.23. The topological polar surface area (TPSA) is 203 Å². The predicted octanol–water partition coefficient (Wildman–Crippen LogP) is -1.50. The first-order valence-electron chi connectivity index (χ1n) is 11.8. The zero-order valence-corrected chi connectivity index (χ0v) is 20.1. The number of phenols is 1. The zero-order valence-electron chi connectivity index (χ0n) is 20.1. The van der Waals surface area contributed by atoms with Crippen LogP contribution in [0.15, 0.2) is 0 Å². The number of nitrogens with one attached hydrogen (secondary N) is 3. The normalized spacial score (nSPS) is 33.2. The molecule has 0 bridgehead atoms. The van der Waals surface area contributed by atoms with Crippen molar-refractivity contribution in [2.75, 3.05) is 26.0 Å². The Morgan fingerprint density at radius 1 is 1.19 bits per heavy atom. The molecular formula is C24H26FN5O7. The molecule has 13 heteroatoms. The third-order valence-corrected chi connectivity index (χ3v) is 8.17. The largest absolute Gasteiger partial charge is 0.505 e. The first kappa shape index (κ1) is 25.1. The lowest BCUT2D eigenvalue weighted by molar-refractivity contribution is -0.157. The maximum atomic E-state index is 15.7. The number of hydrogen-bond donors (Lipinski definition) is 6. The molecule has 2 amide bonds. The summed E-state index contributed by atoms with van der Waals surface area (Å²) in [5, 5.41) is 36.2. The van der Waals surface area contributed by atoms with Gasteiger partial charge in [-0.25, -0.2) is 4.39 Å². The Kier molecular flexibility index (Phi) is 5.59. The molecule has 7 N–H and O–H groups in total.